The second kappa shape index (κ2) is 11.2. The number of hydrogen-bond donors (Lipinski definition) is 3. The van der Waals surface area contributed by atoms with Crippen molar-refractivity contribution in [3.05, 3.63) is 71.1 Å². The smallest absolute Gasteiger partial charge is 0.0947 e. The summed E-state index contributed by atoms with van der Waals surface area (Å²) in [5.74, 6) is 1.47. The van der Waals surface area contributed by atoms with Crippen molar-refractivity contribution in [2.75, 3.05) is 13.6 Å². The van der Waals surface area contributed by atoms with E-state index in [9.17, 15) is 5.11 Å². The first kappa shape index (κ1) is 22.4. The molecule has 0 aliphatic heterocycles. The molecule has 0 bridgehead atoms. The Morgan fingerprint density at radius 3 is 2.54 bits per heavy atom. The lowest BCUT2D eigenvalue weighted by molar-refractivity contribution is 0.170. The van der Waals surface area contributed by atoms with Crippen molar-refractivity contribution in [2.24, 2.45) is 0 Å². The van der Waals surface area contributed by atoms with Crippen molar-refractivity contribution in [1.82, 2.24) is 10.6 Å². The van der Waals surface area contributed by atoms with E-state index in [1.807, 2.05) is 25.7 Å². The van der Waals surface area contributed by atoms with E-state index >= 15 is 0 Å². The van der Waals surface area contributed by atoms with Gasteiger partial charge in [-0.05, 0) is 60.6 Å². The zero-order valence-electron chi connectivity index (χ0n) is 17.8. The van der Waals surface area contributed by atoms with Gasteiger partial charge in [-0.1, -0.05) is 62.9 Å². The lowest BCUT2D eigenvalue weighted by atomic mass is 10.0. The minimum atomic E-state index is -0.316. The fraction of sp³-hybridized carbons (Fsp3) is 0.417. The van der Waals surface area contributed by atoms with Crippen molar-refractivity contribution in [1.29, 1.82) is 0 Å². The van der Waals surface area contributed by atoms with E-state index in [4.69, 9.17) is 0 Å². The van der Waals surface area contributed by atoms with Gasteiger partial charge >= 0.3 is 0 Å². The van der Waals surface area contributed by atoms with E-state index in [1.54, 1.807) is 0 Å². The van der Waals surface area contributed by atoms with Gasteiger partial charge < -0.3 is 15.7 Å². The largest absolute Gasteiger partial charge is 0.391 e. The average molecular weight is 399 g/mol. The first-order valence-corrected chi connectivity index (χ1v) is 10.9. The van der Waals surface area contributed by atoms with Gasteiger partial charge in [-0.15, -0.1) is 0 Å². The number of benzene rings is 2. The summed E-state index contributed by atoms with van der Waals surface area (Å²) in [4.78, 5) is 2.64. The third-order valence-corrected chi connectivity index (χ3v) is 6.08. The highest BCUT2D eigenvalue weighted by atomic mass is 32.2. The fourth-order valence-corrected chi connectivity index (χ4v) is 4.14. The first-order valence-electron chi connectivity index (χ1n) is 10.1. The maximum absolute atomic E-state index is 9.71. The number of rotatable bonds is 10. The Balaban J connectivity index is 2.07. The molecule has 2 rings (SSSR count). The molecule has 1 atom stereocenters. The second-order valence-electron chi connectivity index (χ2n) is 7.41. The maximum atomic E-state index is 9.71. The van der Waals surface area contributed by atoms with Crippen LogP contribution < -0.4 is 10.6 Å². The number of allylic oxidation sites excluding steroid dienone is 1. The highest BCUT2D eigenvalue weighted by molar-refractivity contribution is 7.99. The molecule has 3 N–H and O–H groups in total. The van der Waals surface area contributed by atoms with Crippen LogP contribution in [0.25, 0.3) is 0 Å². The molecule has 3 nitrogen and oxygen atoms in total. The summed E-state index contributed by atoms with van der Waals surface area (Å²) in [6.07, 6.45) is 3.42. The molecule has 1 unspecified atom stereocenters. The number of aliphatic hydroxyl groups excluding tert-OH is 1. The molecule has 0 aliphatic rings. The van der Waals surface area contributed by atoms with Crippen LogP contribution in [0.4, 0.5) is 0 Å². The third kappa shape index (κ3) is 6.61. The predicted molar refractivity (Wildman–Crippen MR) is 121 cm³/mol. The van der Waals surface area contributed by atoms with Crippen molar-refractivity contribution >= 4 is 11.8 Å². The fourth-order valence-electron chi connectivity index (χ4n) is 2.98. The Morgan fingerprint density at radius 1 is 1.14 bits per heavy atom. The molecule has 152 valence electrons. The van der Waals surface area contributed by atoms with Crippen LogP contribution in [0.5, 0.6) is 0 Å². The Hall–Kier alpha value is -1.91. The molecule has 0 saturated carbocycles. The molecule has 0 radical (unpaired) electrons. The van der Waals surface area contributed by atoms with Crippen LogP contribution in [0.3, 0.4) is 0 Å². The molecule has 0 amide bonds. The molecule has 0 saturated heterocycles. The van der Waals surface area contributed by atoms with Crippen LogP contribution in [0, 0.1) is 6.92 Å². The van der Waals surface area contributed by atoms with E-state index in [2.05, 4.69) is 79.9 Å². The zero-order valence-corrected chi connectivity index (χ0v) is 18.6. The molecule has 0 heterocycles. The summed E-state index contributed by atoms with van der Waals surface area (Å²) in [6, 6.07) is 15.4. The lowest BCUT2D eigenvalue weighted by Gasteiger charge is -2.15. The summed E-state index contributed by atoms with van der Waals surface area (Å²) in [7, 11) is 1.90. The molecule has 28 heavy (non-hydrogen) atoms. The number of hydrogen-bond acceptors (Lipinski definition) is 4. The van der Waals surface area contributed by atoms with E-state index in [-0.39, 0.29) is 6.10 Å². The summed E-state index contributed by atoms with van der Waals surface area (Å²) >= 11 is 1.85. The normalized spacial score (nSPS) is 12.9. The molecule has 0 aliphatic carbocycles. The van der Waals surface area contributed by atoms with Crippen LogP contribution in [-0.2, 0) is 6.42 Å². The van der Waals surface area contributed by atoms with Gasteiger partial charge in [0.15, 0.2) is 0 Å². The zero-order chi connectivity index (χ0) is 20.5. The van der Waals surface area contributed by atoms with Gasteiger partial charge in [-0.25, -0.2) is 0 Å². The topological polar surface area (TPSA) is 44.3 Å². The van der Waals surface area contributed by atoms with E-state index in [0.29, 0.717) is 12.5 Å². The number of nitrogens with one attached hydrogen (secondary N) is 2. The highest BCUT2D eigenvalue weighted by Gasteiger charge is 2.09. The molecule has 0 aromatic heterocycles. The number of aliphatic hydroxyl groups is 1. The highest BCUT2D eigenvalue weighted by Crippen LogP contribution is 2.35. The van der Waals surface area contributed by atoms with Gasteiger partial charge in [0, 0.05) is 23.4 Å². The van der Waals surface area contributed by atoms with Gasteiger partial charge in [-0.3, -0.25) is 0 Å². The summed E-state index contributed by atoms with van der Waals surface area (Å²) in [5, 5.41) is 16.1. The minimum Gasteiger partial charge on any atom is -0.391 e. The molecule has 2 aromatic carbocycles. The van der Waals surface area contributed by atoms with Crippen molar-refractivity contribution in [2.45, 2.75) is 62.3 Å². The number of aryl methyl sites for hydroxylation is 1. The molecular formula is C24H34N2OS. The molecule has 2 aromatic rings. The van der Waals surface area contributed by atoms with Crippen molar-refractivity contribution in [3.8, 4) is 0 Å². The predicted octanol–water partition coefficient (Wildman–Crippen LogP) is 5.23. The third-order valence-electron chi connectivity index (χ3n) is 4.81. The second-order valence-corrected chi connectivity index (χ2v) is 8.49. The lowest BCUT2D eigenvalue weighted by Crippen LogP contribution is -2.31. The van der Waals surface area contributed by atoms with Crippen molar-refractivity contribution < 1.29 is 5.11 Å². The summed E-state index contributed by atoms with van der Waals surface area (Å²) in [5.41, 5.74) is 3.98. The van der Waals surface area contributed by atoms with Crippen LogP contribution >= 0.6 is 11.8 Å². The van der Waals surface area contributed by atoms with Crippen LogP contribution in [0.1, 0.15) is 49.8 Å². The maximum Gasteiger partial charge on any atom is 0.0947 e. The van der Waals surface area contributed by atoms with Crippen LogP contribution in [0.2, 0.25) is 0 Å². The van der Waals surface area contributed by atoms with Crippen LogP contribution in [0.15, 0.2) is 64.2 Å². The summed E-state index contributed by atoms with van der Waals surface area (Å²) < 4.78 is 0. The van der Waals surface area contributed by atoms with E-state index in [1.165, 1.54) is 26.5 Å². The minimum absolute atomic E-state index is 0.316. The van der Waals surface area contributed by atoms with Gasteiger partial charge in [0.25, 0.3) is 0 Å². The monoisotopic (exact) mass is 398 g/mol. The van der Waals surface area contributed by atoms with Gasteiger partial charge in [0.05, 0.1) is 11.9 Å². The Bertz CT molecular complexity index is 786. The molecular weight excluding hydrogens is 364 g/mol. The van der Waals surface area contributed by atoms with Crippen molar-refractivity contribution in [3.63, 3.8) is 0 Å². The van der Waals surface area contributed by atoms with Gasteiger partial charge in [0.1, 0.15) is 0 Å². The summed E-state index contributed by atoms with van der Waals surface area (Å²) in [6.45, 7) is 9.22. The standard InChI is InChI=1S/C24H34N2OS/c1-6-20(27)16-26-24(25-5)14-12-19-11-13-22(18(4)15-19)28-23-10-8-7-9-21(23)17(2)3/h7-11,13-15,17,20,25-27H,6,12,16H2,1-5H3/b24-14+. The SMILES string of the molecule is CCC(O)CN/C(=C/Cc1ccc(Sc2ccccc2C(C)C)c(C)c1)NC. The Kier molecular flexibility index (Phi) is 8.94. The van der Waals surface area contributed by atoms with E-state index < -0.39 is 0 Å². The van der Waals surface area contributed by atoms with Gasteiger partial charge in [0.2, 0.25) is 0 Å². The van der Waals surface area contributed by atoms with E-state index in [0.717, 1.165) is 18.7 Å². The molecule has 4 heteroatoms. The average Bonchev–Trinajstić information content (AvgIpc) is 2.70. The first-order chi connectivity index (χ1) is 13.4. The Morgan fingerprint density at radius 2 is 1.89 bits per heavy atom. The molecule has 0 fully saturated rings. The Labute approximate surface area is 174 Å². The quantitative estimate of drug-likeness (QED) is 0.512. The van der Waals surface area contributed by atoms with Crippen LogP contribution in [-0.4, -0.2) is 24.8 Å². The molecule has 0 spiro atoms. The van der Waals surface area contributed by atoms with Gasteiger partial charge in [-0.2, -0.15) is 0 Å².